The summed E-state index contributed by atoms with van der Waals surface area (Å²) in [6.07, 6.45) is 1.50. The van der Waals surface area contributed by atoms with Crippen LogP contribution in [0.2, 0.25) is 0 Å². The second kappa shape index (κ2) is 4.01. The molecule has 16 heavy (non-hydrogen) atoms. The molecule has 3 unspecified atom stereocenters. The lowest BCUT2D eigenvalue weighted by molar-refractivity contribution is -0.168. The Morgan fingerprint density at radius 3 is 2.69 bits per heavy atom. The first-order valence-electron chi connectivity index (χ1n) is 5.57. The first-order valence-corrected chi connectivity index (χ1v) is 5.57. The zero-order valence-corrected chi connectivity index (χ0v) is 9.73. The first kappa shape index (κ1) is 11.3. The predicted molar refractivity (Wildman–Crippen MR) is 56.5 cm³/mol. The van der Waals surface area contributed by atoms with Crippen LogP contribution in [0.4, 0.5) is 0 Å². The number of carbonyl (C=O) groups is 2. The maximum Gasteiger partial charge on any atom is 0.324 e. The van der Waals surface area contributed by atoms with E-state index in [1.807, 2.05) is 13.8 Å². The van der Waals surface area contributed by atoms with Gasteiger partial charge in [0.15, 0.2) is 5.78 Å². The third-order valence-electron chi connectivity index (χ3n) is 3.07. The summed E-state index contributed by atoms with van der Waals surface area (Å²) in [4.78, 5) is 23.4. The number of Topliss-reactive ketones (excluding diaryl/α,β-unsaturated/α-hetero) is 1. The van der Waals surface area contributed by atoms with Crippen LogP contribution in [0.5, 0.6) is 0 Å². The van der Waals surface area contributed by atoms with Crippen molar-refractivity contribution in [2.45, 2.75) is 39.4 Å². The number of cyclic esters (lactones) is 1. The van der Waals surface area contributed by atoms with Gasteiger partial charge in [-0.3, -0.25) is 9.59 Å². The van der Waals surface area contributed by atoms with Crippen LogP contribution in [-0.2, 0) is 19.1 Å². The number of esters is 1. The van der Waals surface area contributed by atoms with Gasteiger partial charge in [-0.1, -0.05) is 13.8 Å². The van der Waals surface area contributed by atoms with Crippen LogP contribution < -0.4 is 0 Å². The van der Waals surface area contributed by atoms with E-state index < -0.39 is 18.0 Å². The Bertz CT molecular complexity index is 356. The lowest BCUT2D eigenvalue weighted by atomic mass is 9.86. The molecule has 0 aromatic heterocycles. The lowest BCUT2D eigenvalue weighted by Gasteiger charge is -2.36. The van der Waals surface area contributed by atoms with Crippen LogP contribution in [0.1, 0.15) is 27.2 Å². The number of rotatable bonds is 1. The molecule has 4 nitrogen and oxygen atoms in total. The van der Waals surface area contributed by atoms with Crippen molar-refractivity contribution in [3.05, 3.63) is 11.8 Å². The Balaban J connectivity index is 2.24. The van der Waals surface area contributed by atoms with Crippen molar-refractivity contribution in [2.24, 2.45) is 11.8 Å². The Kier molecular flexibility index (Phi) is 2.84. The molecule has 0 radical (unpaired) electrons. The zero-order chi connectivity index (χ0) is 11.9. The summed E-state index contributed by atoms with van der Waals surface area (Å²) >= 11 is 0. The van der Waals surface area contributed by atoms with Crippen molar-refractivity contribution in [1.29, 1.82) is 0 Å². The van der Waals surface area contributed by atoms with E-state index >= 15 is 0 Å². The van der Waals surface area contributed by atoms with Gasteiger partial charge in [-0.2, -0.15) is 0 Å². The monoisotopic (exact) mass is 224 g/mol. The minimum Gasteiger partial charge on any atom is -0.431 e. The highest BCUT2D eigenvalue weighted by atomic mass is 16.6. The molecule has 0 aromatic carbocycles. The van der Waals surface area contributed by atoms with E-state index in [4.69, 9.17) is 9.47 Å². The third kappa shape index (κ3) is 1.89. The highest BCUT2D eigenvalue weighted by Gasteiger charge is 2.45. The van der Waals surface area contributed by atoms with E-state index in [0.717, 1.165) is 0 Å². The van der Waals surface area contributed by atoms with Crippen molar-refractivity contribution < 1.29 is 19.1 Å². The summed E-state index contributed by atoms with van der Waals surface area (Å²) in [5.74, 6) is -0.500. The van der Waals surface area contributed by atoms with Crippen LogP contribution in [0.25, 0.3) is 0 Å². The molecule has 0 saturated carbocycles. The molecule has 0 aromatic rings. The second-order valence-electron chi connectivity index (χ2n) is 4.73. The van der Waals surface area contributed by atoms with Crippen molar-refractivity contribution in [2.75, 3.05) is 0 Å². The highest BCUT2D eigenvalue weighted by Crippen LogP contribution is 2.31. The SMILES string of the molecule is CC1=CC2OC(C(C)C)CC(=O)C2C(=O)O1. The maximum absolute atomic E-state index is 11.9. The summed E-state index contributed by atoms with van der Waals surface area (Å²) in [6, 6.07) is 0. The summed E-state index contributed by atoms with van der Waals surface area (Å²) in [5.41, 5.74) is 0. The topological polar surface area (TPSA) is 52.6 Å². The van der Waals surface area contributed by atoms with Gasteiger partial charge in [0.1, 0.15) is 11.7 Å². The zero-order valence-electron chi connectivity index (χ0n) is 9.73. The van der Waals surface area contributed by atoms with Gasteiger partial charge in [-0.25, -0.2) is 0 Å². The van der Waals surface area contributed by atoms with Gasteiger partial charge in [0.05, 0.1) is 12.2 Å². The molecule has 88 valence electrons. The standard InChI is InChI=1S/C12H16O4/c1-6(2)9-5-8(13)11-10(16-9)4-7(3)15-12(11)14/h4,6,9-11H,5H2,1-3H3. The maximum atomic E-state index is 11.9. The van der Waals surface area contributed by atoms with Gasteiger partial charge < -0.3 is 9.47 Å². The minimum atomic E-state index is -0.751. The minimum absolute atomic E-state index is 0.0660. The summed E-state index contributed by atoms with van der Waals surface area (Å²) < 4.78 is 10.7. The van der Waals surface area contributed by atoms with E-state index in [-0.39, 0.29) is 17.8 Å². The summed E-state index contributed by atoms with van der Waals surface area (Å²) in [5, 5.41) is 0. The van der Waals surface area contributed by atoms with Crippen LogP contribution in [0.15, 0.2) is 11.8 Å². The number of carbonyl (C=O) groups excluding carboxylic acids is 2. The van der Waals surface area contributed by atoms with Crippen molar-refractivity contribution in [3.8, 4) is 0 Å². The van der Waals surface area contributed by atoms with E-state index in [1.54, 1.807) is 13.0 Å². The van der Waals surface area contributed by atoms with E-state index in [2.05, 4.69) is 0 Å². The van der Waals surface area contributed by atoms with E-state index in [1.165, 1.54) is 0 Å². The normalized spacial score (nSPS) is 34.5. The smallest absolute Gasteiger partial charge is 0.324 e. The van der Waals surface area contributed by atoms with Crippen LogP contribution in [0, 0.1) is 11.8 Å². The molecule has 2 heterocycles. The number of hydrogen-bond acceptors (Lipinski definition) is 4. The largest absolute Gasteiger partial charge is 0.431 e. The van der Waals surface area contributed by atoms with Gasteiger partial charge in [-0.15, -0.1) is 0 Å². The van der Waals surface area contributed by atoms with Gasteiger partial charge in [0.2, 0.25) is 0 Å². The molecule has 0 aliphatic carbocycles. The fourth-order valence-electron chi connectivity index (χ4n) is 2.12. The molecule has 3 atom stereocenters. The van der Waals surface area contributed by atoms with Crippen molar-refractivity contribution in [3.63, 3.8) is 0 Å². The molecular formula is C12H16O4. The molecule has 2 aliphatic rings. The molecule has 0 bridgehead atoms. The number of ether oxygens (including phenoxy) is 2. The van der Waals surface area contributed by atoms with E-state index in [9.17, 15) is 9.59 Å². The molecule has 0 spiro atoms. The second-order valence-corrected chi connectivity index (χ2v) is 4.73. The van der Waals surface area contributed by atoms with E-state index in [0.29, 0.717) is 12.2 Å². The van der Waals surface area contributed by atoms with Gasteiger partial charge in [-0.05, 0) is 18.9 Å². The number of ketones is 1. The van der Waals surface area contributed by atoms with Gasteiger partial charge >= 0.3 is 5.97 Å². The Labute approximate surface area is 94.6 Å². The number of hydrogen-bond donors (Lipinski definition) is 0. The lowest BCUT2D eigenvalue weighted by Crippen LogP contribution is -2.48. The molecule has 1 saturated heterocycles. The average molecular weight is 224 g/mol. The summed E-state index contributed by atoms with van der Waals surface area (Å²) in [7, 11) is 0. The van der Waals surface area contributed by atoms with Crippen LogP contribution in [0.3, 0.4) is 0 Å². The highest BCUT2D eigenvalue weighted by molar-refractivity contribution is 6.01. The third-order valence-corrected chi connectivity index (χ3v) is 3.07. The Hall–Kier alpha value is -1.16. The molecule has 4 heteroatoms. The van der Waals surface area contributed by atoms with Gasteiger partial charge in [0.25, 0.3) is 0 Å². The molecular weight excluding hydrogens is 208 g/mol. The van der Waals surface area contributed by atoms with Crippen molar-refractivity contribution in [1.82, 2.24) is 0 Å². The average Bonchev–Trinajstić information content (AvgIpc) is 2.15. The van der Waals surface area contributed by atoms with Crippen molar-refractivity contribution >= 4 is 11.8 Å². The molecule has 2 rings (SSSR count). The molecule has 1 fully saturated rings. The first-order chi connectivity index (χ1) is 7.49. The Morgan fingerprint density at radius 2 is 2.06 bits per heavy atom. The van der Waals surface area contributed by atoms with Crippen LogP contribution in [-0.4, -0.2) is 24.0 Å². The van der Waals surface area contributed by atoms with Crippen LogP contribution >= 0.6 is 0 Å². The fourth-order valence-corrected chi connectivity index (χ4v) is 2.12. The summed E-state index contributed by atoms with van der Waals surface area (Å²) in [6.45, 7) is 5.72. The van der Waals surface area contributed by atoms with Gasteiger partial charge in [0, 0.05) is 6.42 Å². The quantitative estimate of drug-likeness (QED) is 0.499. The molecule has 2 aliphatic heterocycles. The molecule has 0 amide bonds. The predicted octanol–water partition coefficient (Wildman–Crippen LogP) is 1.45. The molecule has 0 N–H and O–H groups in total. The Morgan fingerprint density at radius 1 is 1.38 bits per heavy atom. The number of allylic oxidation sites excluding steroid dienone is 1. The fraction of sp³-hybridized carbons (Fsp3) is 0.667. The number of fused-ring (bicyclic) bond motifs is 1.